The van der Waals surface area contributed by atoms with Crippen molar-refractivity contribution in [3.8, 4) is 5.75 Å². The molecule has 0 spiro atoms. The van der Waals surface area contributed by atoms with E-state index in [4.69, 9.17) is 9.47 Å². The molecule has 2 aromatic carbocycles. The Morgan fingerprint density at radius 2 is 1.75 bits per heavy atom. The Labute approximate surface area is 141 Å². The number of amides is 1. The number of esters is 1. The summed E-state index contributed by atoms with van der Waals surface area (Å²) in [6, 6.07) is 13.7. The summed E-state index contributed by atoms with van der Waals surface area (Å²) in [6.07, 6.45) is 1.23. The molecular formula is C19H21NO4. The van der Waals surface area contributed by atoms with Crippen LogP contribution in [-0.2, 0) is 4.74 Å². The molecule has 0 fully saturated rings. The highest BCUT2D eigenvalue weighted by atomic mass is 16.6. The molecule has 1 amide bonds. The molecule has 0 aliphatic carbocycles. The summed E-state index contributed by atoms with van der Waals surface area (Å²) in [6.45, 7) is 4.31. The van der Waals surface area contributed by atoms with E-state index in [1.165, 1.54) is 0 Å². The van der Waals surface area contributed by atoms with E-state index in [0.29, 0.717) is 23.6 Å². The van der Waals surface area contributed by atoms with Crippen molar-refractivity contribution < 1.29 is 19.1 Å². The van der Waals surface area contributed by atoms with Crippen LogP contribution < -0.4 is 10.1 Å². The Bertz CT molecular complexity index is 695. The average Bonchev–Trinajstić information content (AvgIpc) is 2.58. The first-order valence-corrected chi connectivity index (χ1v) is 7.92. The molecule has 0 bridgehead atoms. The van der Waals surface area contributed by atoms with E-state index in [2.05, 4.69) is 5.32 Å². The third-order valence-corrected chi connectivity index (χ3v) is 3.39. The smallest absolute Gasteiger partial charge is 0.417 e. The van der Waals surface area contributed by atoms with Gasteiger partial charge in [-0.15, -0.1) is 0 Å². The number of nitrogens with one attached hydrogen (secondary N) is 1. The van der Waals surface area contributed by atoms with Crippen molar-refractivity contribution in [2.24, 2.45) is 0 Å². The van der Waals surface area contributed by atoms with Crippen molar-refractivity contribution >= 4 is 17.7 Å². The molecule has 0 heterocycles. The lowest BCUT2D eigenvalue weighted by molar-refractivity contribution is 0.0500. The number of unbranched alkanes of at least 4 members (excludes halogenated alkanes) is 1. The van der Waals surface area contributed by atoms with Gasteiger partial charge in [-0.1, -0.05) is 31.5 Å². The Morgan fingerprint density at radius 1 is 1.04 bits per heavy atom. The van der Waals surface area contributed by atoms with E-state index in [0.717, 1.165) is 18.4 Å². The zero-order valence-electron chi connectivity index (χ0n) is 13.9. The quantitative estimate of drug-likeness (QED) is 0.624. The molecule has 5 heteroatoms. The van der Waals surface area contributed by atoms with Crippen LogP contribution in [0, 0.1) is 6.92 Å². The molecule has 126 valence electrons. The topological polar surface area (TPSA) is 64.6 Å². The van der Waals surface area contributed by atoms with Crippen LogP contribution in [0.25, 0.3) is 0 Å². The lowest BCUT2D eigenvalue weighted by atomic mass is 10.2. The third-order valence-electron chi connectivity index (χ3n) is 3.39. The number of hydrogen-bond acceptors (Lipinski definition) is 4. The number of para-hydroxylation sites is 1. The number of carbonyl (C=O) groups is 2. The van der Waals surface area contributed by atoms with Crippen molar-refractivity contribution in [1.29, 1.82) is 0 Å². The lowest BCUT2D eigenvalue weighted by Gasteiger charge is -2.09. The van der Waals surface area contributed by atoms with E-state index in [9.17, 15) is 9.59 Å². The Kier molecular flexibility index (Phi) is 6.37. The monoisotopic (exact) mass is 327 g/mol. The summed E-state index contributed by atoms with van der Waals surface area (Å²) in [5.74, 6) is 0.142. The predicted octanol–water partition coefficient (Wildman–Crippen LogP) is 4.56. The van der Waals surface area contributed by atoms with Gasteiger partial charge in [0.2, 0.25) is 0 Å². The number of carbonyl (C=O) groups excluding carboxylic acids is 2. The van der Waals surface area contributed by atoms with Crippen molar-refractivity contribution in [3.63, 3.8) is 0 Å². The molecule has 0 aliphatic heterocycles. The van der Waals surface area contributed by atoms with Gasteiger partial charge in [-0.25, -0.2) is 9.59 Å². The standard InChI is InChI=1S/C19H21NO4/c1-3-4-13-23-18(21)15-9-11-16(12-10-15)20-19(22)24-17-8-6-5-7-14(17)2/h5-12H,3-4,13H2,1-2H3,(H,20,22). The first kappa shape index (κ1) is 17.5. The lowest BCUT2D eigenvalue weighted by Crippen LogP contribution is -2.17. The van der Waals surface area contributed by atoms with E-state index in [1.807, 2.05) is 26.0 Å². The van der Waals surface area contributed by atoms with Crippen molar-refractivity contribution in [2.75, 3.05) is 11.9 Å². The summed E-state index contributed by atoms with van der Waals surface area (Å²) in [5, 5.41) is 2.62. The molecule has 0 atom stereocenters. The summed E-state index contributed by atoms with van der Waals surface area (Å²) >= 11 is 0. The molecule has 1 N–H and O–H groups in total. The molecule has 0 saturated carbocycles. The van der Waals surface area contributed by atoms with E-state index in [1.54, 1.807) is 36.4 Å². The number of hydrogen-bond donors (Lipinski definition) is 1. The maximum absolute atomic E-state index is 11.9. The fraction of sp³-hybridized carbons (Fsp3) is 0.263. The summed E-state index contributed by atoms with van der Waals surface area (Å²) in [4.78, 5) is 23.7. The summed E-state index contributed by atoms with van der Waals surface area (Å²) in [5.41, 5.74) is 1.86. The highest BCUT2D eigenvalue weighted by molar-refractivity contribution is 5.91. The molecule has 2 rings (SSSR count). The van der Waals surface area contributed by atoms with Crippen LogP contribution >= 0.6 is 0 Å². The third kappa shape index (κ3) is 5.12. The number of ether oxygens (including phenoxy) is 2. The molecule has 0 saturated heterocycles. The van der Waals surface area contributed by atoms with Crippen molar-refractivity contribution in [2.45, 2.75) is 26.7 Å². The van der Waals surface area contributed by atoms with Crippen LogP contribution in [0.4, 0.5) is 10.5 Å². The van der Waals surface area contributed by atoms with Gasteiger partial charge in [0.05, 0.1) is 12.2 Å². The molecule has 0 unspecified atom stereocenters. The molecular weight excluding hydrogens is 306 g/mol. The zero-order valence-corrected chi connectivity index (χ0v) is 13.9. The predicted molar refractivity (Wildman–Crippen MR) is 92.5 cm³/mol. The van der Waals surface area contributed by atoms with E-state index >= 15 is 0 Å². The maximum atomic E-state index is 11.9. The van der Waals surface area contributed by atoms with E-state index < -0.39 is 6.09 Å². The van der Waals surface area contributed by atoms with Gasteiger partial charge in [0.15, 0.2) is 0 Å². The highest BCUT2D eigenvalue weighted by Gasteiger charge is 2.09. The number of rotatable bonds is 6. The molecule has 0 aromatic heterocycles. The molecule has 24 heavy (non-hydrogen) atoms. The first-order chi connectivity index (χ1) is 11.6. The highest BCUT2D eigenvalue weighted by Crippen LogP contribution is 2.17. The zero-order chi connectivity index (χ0) is 17.4. The van der Waals surface area contributed by atoms with Gasteiger partial charge in [0.25, 0.3) is 0 Å². The van der Waals surface area contributed by atoms with Crippen LogP contribution in [0.5, 0.6) is 5.75 Å². The molecule has 0 radical (unpaired) electrons. The van der Waals surface area contributed by atoms with Crippen LogP contribution in [0.2, 0.25) is 0 Å². The molecule has 5 nitrogen and oxygen atoms in total. The Hall–Kier alpha value is -2.82. The van der Waals surface area contributed by atoms with Gasteiger partial charge in [-0.2, -0.15) is 0 Å². The largest absolute Gasteiger partial charge is 0.462 e. The van der Waals surface area contributed by atoms with Crippen LogP contribution in [0.3, 0.4) is 0 Å². The average molecular weight is 327 g/mol. The summed E-state index contributed by atoms with van der Waals surface area (Å²) < 4.78 is 10.4. The van der Waals surface area contributed by atoms with Crippen LogP contribution in [-0.4, -0.2) is 18.7 Å². The molecule has 0 aliphatic rings. The minimum atomic E-state index is -0.581. The second-order valence-corrected chi connectivity index (χ2v) is 5.35. The van der Waals surface area contributed by atoms with Gasteiger partial charge < -0.3 is 9.47 Å². The molecule has 2 aromatic rings. The first-order valence-electron chi connectivity index (χ1n) is 7.92. The second kappa shape index (κ2) is 8.72. The van der Waals surface area contributed by atoms with Crippen LogP contribution in [0.1, 0.15) is 35.7 Å². The van der Waals surface area contributed by atoms with Gasteiger partial charge in [-0.05, 0) is 49.2 Å². The van der Waals surface area contributed by atoms with Crippen molar-refractivity contribution in [3.05, 3.63) is 59.7 Å². The van der Waals surface area contributed by atoms with Crippen LogP contribution in [0.15, 0.2) is 48.5 Å². The number of benzene rings is 2. The fourth-order valence-electron chi connectivity index (χ4n) is 2.00. The fourth-order valence-corrected chi connectivity index (χ4v) is 2.00. The number of aryl methyl sites for hydroxylation is 1. The van der Waals surface area contributed by atoms with Gasteiger partial charge in [0.1, 0.15) is 5.75 Å². The Morgan fingerprint density at radius 3 is 2.42 bits per heavy atom. The van der Waals surface area contributed by atoms with Gasteiger partial charge >= 0.3 is 12.1 Å². The van der Waals surface area contributed by atoms with Gasteiger partial charge in [0, 0.05) is 5.69 Å². The SMILES string of the molecule is CCCCOC(=O)c1ccc(NC(=O)Oc2ccccc2C)cc1. The Balaban J connectivity index is 1.90. The maximum Gasteiger partial charge on any atom is 0.417 e. The van der Waals surface area contributed by atoms with E-state index in [-0.39, 0.29) is 5.97 Å². The normalized spacial score (nSPS) is 10.1. The number of anilines is 1. The van der Waals surface area contributed by atoms with Crippen molar-refractivity contribution in [1.82, 2.24) is 0 Å². The second-order valence-electron chi connectivity index (χ2n) is 5.35. The minimum Gasteiger partial charge on any atom is -0.462 e. The summed E-state index contributed by atoms with van der Waals surface area (Å²) in [7, 11) is 0. The minimum absolute atomic E-state index is 0.363. The van der Waals surface area contributed by atoms with Gasteiger partial charge in [-0.3, -0.25) is 5.32 Å².